The third-order valence-corrected chi connectivity index (χ3v) is 2.74. The van der Waals surface area contributed by atoms with Crippen LogP contribution in [0.25, 0.3) is 11.1 Å². The fraction of sp³-hybridized carbons (Fsp3) is 0.188. The number of para-hydroxylation sites is 1. The lowest BCUT2D eigenvalue weighted by Crippen LogP contribution is -2.08. The summed E-state index contributed by atoms with van der Waals surface area (Å²) in [7, 11) is 0. The average Bonchev–Trinajstić information content (AvgIpc) is 2.40. The Kier molecular flexibility index (Phi) is 3.64. The number of nitriles is 1. The molecule has 0 saturated heterocycles. The molecule has 0 spiro atoms. The summed E-state index contributed by atoms with van der Waals surface area (Å²) in [5, 5.41) is 8.82. The maximum absolute atomic E-state index is 8.82. The van der Waals surface area contributed by atoms with E-state index in [9.17, 15) is 0 Å². The maximum atomic E-state index is 8.82. The molecule has 2 nitrogen and oxygen atoms in total. The third-order valence-electron chi connectivity index (χ3n) is 2.74. The van der Waals surface area contributed by atoms with Crippen molar-refractivity contribution in [1.29, 1.82) is 5.26 Å². The van der Waals surface area contributed by atoms with Crippen LogP contribution in [0.15, 0.2) is 48.5 Å². The molecule has 18 heavy (non-hydrogen) atoms. The van der Waals surface area contributed by atoms with E-state index in [-0.39, 0.29) is 0 Å². The van der Waals surface area contributed by atoms with E-state index in [2.05, 4.69) is 37.3 Å². The van der Waals surface area contributed by atoms with Crippen molar-refractivity contribution in [2.24, 2.45) is 0 Å². The van der Waals surface area contributed by atoms with Crippen molar-refractivity contribution in [2.45, 2.75) is 20.0 Å². The standard InChI is InChI=1S/C16H15NO/c1-12-7-9-14(10-8-12)15-5-3-4-6-16(15)18-13(2)11-17/h3-10,13H,1-2H3/t13-/m0/s1. The number of nitrogens with zero attached hydrogens (tertiary/aromatic N) is 1. The Morgan fingerprint density at radius 3 is 2.39 bits per heavy atom. The number of aryl methyl sites for hydroxylation is 1. The molecule has 2 aromatic carbocycles. The molecule has 0 aliphatic rings. The molecule has 0 radical (unpaired) electrons. The molecule has 2 rings (SSSR count). The molecule has 0 aromatic heterocycles. The first-order valence-corrected chi connectivity index (χ1v) is 5.93. The predicted molar refractivity (Wildman–Crippen MR) is 72.3 cm³/mol. The summed E-state index contributed by atoms with van der Waals surface area (Å²) >= 11 is 0. The third kappa shape index (κ3) is 2.70. The van der Waals surface area contributed by atoms with Crippen LogP contribution >= 0.6 is 0 Å². The Bertz CT molecular complexity index is 566. The zero-order valence-corrected chi connectivity index (χ0v) is 10.6. The van der Waals surface area contributed by atoms with Crippen molar-refractivity contribution >= 4 is 0 Å². The fourth-order valence-corrected chi connectivity index (χ4v) is 1.76. The molecule has 1 atom stereocenters. The van der Waals surface area contributed by atoms with Crippen LogP contribution in [0.4, 0.5) is 0 Å². The van der Waals surface area contributed by atoms with E-state index in [1.54, 1.807) is 6.92 Å². The summed E-state index contributed by atoms with van der Waals surface area (Å²) < 4.78 is 5.62. The number of hydrogen-bond donors (Lipinski definition) is 0. The zero-order valence-electron chi connectivity index (χ0n) is 10.6. The molecular formula is C16H15NO. The number of ether oxygens (including phenoxy) is 1. The smallest absolute Gasteiger partial charge is 0.181 e. The minimum absolute atomic E-state index is 0.448. The van der Waals surface area contributed by atoms with Gasteiger partial charge in [-0.15, -0.1) is 0 Å². The summed E-state index contributed by atoms with van der Waals surface area (Å²) in [6.45, 7) is 3.80. The number of hydrogen-bond acceptors (Lipinski definition) is 2. The van der Waals surface area contributed by atoms with E-state index >= 15 is 0 Å². The molecule has 0 aliphatic heterocycles. The molecule has 2 aromatic rings. The molecule has 0 N–H and O–H groups in total. The van der Waals surface area contributed by atoms with Crippen LogP contribution in [0.5, 0.6) is 5.75 Å². The predicted octanol–water partition coefficient (Wildman–Crippen LogP) is 3.95. The van der Waals surface area contributed by atoms with Gasteiger partial charge in [-0.1, -0.05) is 48.0 Å². The van der Waals surface area contributed by atoms with Crippen molar-refractivity contribution < 1.29 is 4.74 Å². The minimum Gasteiger partial charge on any atom is -0.475 e. The van der Waals surface area contributed by atoms with Crippen molar-refractivity contribution in [1.82, 2.24) is 0 Å². The molecule has 0 fully saturated rings. The van der Waals surface area contributed by atoms with Gasteiger partial charge < -0.3 is 4.74 Å². The van der Waals surface area contributed by atoms with Crippen molar-refractivity contribution in [2.75, 3.05) is 0 Å². The van der Waals surface area contributed by atoms with Gasteiger partial charge in [-0.25, -0.2) is 0 Å². The Morgan fingerprint density at radius 1 is 1.06 bits per heavy atom. The van der Waals surface area contributed by atoms with Gasteiger partial charge in [-0.2, -0.15) is 5.26 Å². The molecule has 0 heterocycles. The Balaban J connectivity index is 2.39. The monoisotopic (exact) mass is 237 g/mol. The second kappa shape index (κ2) is 5.37. The van der Waals surface area contributed by atoms with Gasteiger partial charge >= 0.3 is 0 Å². The summed E-state index contributed by atoms with van der Waals surface area (Å²) in [6.07, 6.45) is -0.448. The zero-order chi connectivity index (χ0) is 13.0. The van der Waals surface area contributed by atoms with Crippen LogP contribution in [0.1, 0.15) is 12.5 Å². The first-order valence-electron chi connectivity index (χ1n) is 5.93. The molecule has 90 valence electrons. The normalized spacial score (nSPS) is 11.6. The summed E-state index contributed by atoms with van der Waals surface area (Å²) in [5.74, 6) is 0.746. The minimum atomic E-state index is -0.448. The van der Waals surface area contributed by atoms with Gasteiger partial charge in [0.1, 0.15) is 11.8 Å². The summed E-state index contributed by atoms with van der Waals surface area (Å²) in [5.41, 5.74) is 3.34. The van der Waals surface area contributed by atoms with Gasteiger partial charge in [-0.3, -0.25) is 0 Å². The molecule has 2 heteroatoms. The number of benzene rings is 2. The van der Waals surface area contributed by atoms with Gasteiger partial charge in [0.25, 0.3) is 0 Å². The maximum Gasteiger partial charge on any atom is 0.181 e. The first-order chi connectivity index (χ1) is 8.70. The quantitative estimate of drug-likeness (QED) is 0.809. The van der Waals surface area contributed by atoms with Gasteiger partial charge in [0, 0.05) is 5.56 Å². The van der Waals surface area contributed by atoms with Crippen LogP contribution in [-0.2, 0) is 0 Å². The number of rotatable bonds is 3. The topological polar surface area (TPSA) is 33.0 Å². The lowest BCUT2D eigenvalue weighted by molar-refractivity contribution is 0.277. The van der Waals surface area contributed by atoms with Crippen molar-refractivity contribution in [3.63, 3.8) is 0 Å². The van der Waals surface area contributed by atoms with E-state index in [1.165, 1.54) is 5.56 Å². The highest BCUT2D eigenvalue weighted by atomic mass is 16.5. The fourth-order valence-electron chi connectivity index (χ4n) is 1.76. The van der Waals surface area contributed by atoms with E-state index in [0.717, 1.165) is 16.9 Å². The highest BCUT2D eigenvalue weighted by Crippen LogP contribution is 2.30. The lowest BCUT2D eigenvalue weighted by atomic mass is 10.0. The van der Waals surface area contributed by atoms with Gasteiger partial charge in [0.2, 0.25) is 0 Å². The van der Waals surface area contributed by atoms with E-state index in [1.807, 2.05) is 24.3 Å². The van der Waals surface area contributed by atoms with Crippen molar-refractivity contribution in [3.05, 3.63) is 54.1 Å². The average molecular weight is 237 g/mol. The second-order valence-electron chi connectivity index (χ2n) is 4.25. The van der Waals surface area contributed by atoms with Crippen molar-refractivity contribution in [3.8, 4) is 22.9 Å². The summed E-state index contributed by atoms with van der Waals surface area (Å²) in [6, 6.07) is 18.1. The van der Waals surface area contributed by atoms with Crippen LogP contribution in [0.2, 0.25) is 0 Å². The largest absolute Gasteiger partial charge is 0.475 e. The van der Waals surface area contributed by atoms with Gasteiger partial charge in [-0.05, 0) is 25.5 Å². The van der Waals surface area contributed by atoms with Crippen LogP contribution in [0.3, 0.4) is 0 Å². The highest BCUT2D eigenvalue weighted by Gasteiger charge is 2.08. The van der Waals surface area contributed by atoms with E-state index in [0.29, 0.717) is 0 Å². The van der Waals surface area contributed by atoms with Crippen LogP contribution in [0, 0.1) is 18.3 Å². The van der Waals surface area contributed by atoms with Crippen LogP contribution in [-0.4, -0.2) is 6.10 Å². The highest BCUT2D eigenvalue weighted by molar-refractivity contribution is 5.70. The Morgan fingerprint density at radius 2 is 1.72 bits per heavy atom. The molecule has 0 saturated carbocycles. The second-order valence-corrected chi connectivity index (χ2v) is 4.25. The van der Waals surface area contributed by atoms with E-state index in [4.69, 9.17) is 10.00 Å². The van der Waals surface area contributed by atoms with Crippen LogP contribution < -0.4 is 4.74 Å². The SMILES string of the molecule is Cc1ccc(-c2ccccc2O[C@@H](C)C#N)cc1. The molecular weight excluding hydrogens is 222 g/mol. The van der Waals surface area contributed by atoms with E-state index < -0.39 is 6.10 Å². The molecule has 0 bridgehead atoms. The first kappa shape index (κ1) is 12.2. The molecule has 0 amide bonds. The Labute approximate surface area is 107 Å². The molecule has 0 unspecified atom stereocenters. The summed E-state index contributed by atoms with van der Waals surface area (Å²) in [4.78, 5) is 0. The van der Waals surface area contributed by atoms with Gasteiger partial charge in [0.15, 0.2) is 6.10 Å². The van der Waals surface area contributed by atoms with Gasteiger partial charge in [0.05, 0.1) is 0 Å². The Hall–Kier alpha value is -2.27. The lowest BCUT2D eigenvalue weighted by Gasteiger charge is -2.12. The molecule has 0 aliphatic carbocycles.